The lowest BCUT2D eigenvalue weighted by atomic mass is 9.99. The maximum absolute atomic E-state index is 12.3. The fourth-order valence-corrected chi connectivity index (χ4v) is 4.69. The monoisotopic (exact) mass is 280 g/mol. The summed E-state index contributed by atoms with van der Waals surface area (Å²) in [4.78, 5) is 12.3. The average Bonchev–Trinajstić information content (AvgIpc) is 2.67. The Morgan fingerprint density at radius 3 is 2.56 bits per heavy atom. The lowest BCUT2D eigenvalue weighted by molar-refractivity contribution is 0.0915. The van der Waals surface area contributed by atoms with Gasteiger partial charge in [0.25, 0.3) is 0 Å². The molecule has 3 fully saturated rings. The number of halogens is 1. The van der Waals surface area contributed by atoms with Crippen molar-refractivity contribution < 1.29 is 9.21 Å². The number of carbonyl (C=O) groups is 1. The highest BCUT2D eigenvalue weighted by Gasteiger charge is 2.67. The van der Waals surface area contributed by atoms with Crippen molar-refractivity contribution in [2.45, 2.75) is 19.3 Å². The molecule has 2 bridgehead atoms. The van der Waals surface area contributed by atoms with Gasteiger partial charge in [0.1, 0.15) is 0 Å². The van der Waals surface area contributed by atoms with Gasteiger partial charge < -0.3 is 4.42 Å². The highest BCUT2D eigenvalue weighted by Crippen LogP contribution is 2.70. The Labute approximate surface area is 103 Å². The fourth-order valence-electron chi connectivity index (χ4n) is 4.30. The number of rotatable bonds is 2. The van der Waals surface area contributed by atoms with Gasteiger partial charge in [-0.25, -0.2) is 0 Å². The molecule has 0 spiro atoms. The van der Waals surface area contributed by atoms with E-state index in [0.29, 0.717) is 17.6 Å². The second kappa shape index (κ2) is 3.00. The molecule has 0 aromatic carbocycles. The maximum atomic E-state index is 12.3. The van der Waals surface area contributed by atoms with Crippen LogP contribution in [0.5, 0.6) is 0 Å². The number of furan rings is 1. The Morgan fingerprint density at radius 1 is 1.31 bits per heavy atom. The molecule has 3 heteroatoms. The third kappa shape index (κ3) is 1.05. The second-order valence-corrected chi connectivity index (χ2v) is 6.33. The molecule has 4 atom stereocenters. The Morgan fingerprint density at radius 2 is 2.00 bits per heavy atom. The van der Waals surface area contributed by atoms with Crippen LogP contribution in [0.15, 0.2) is 21.2 Å². The zero-order valence-electron chi connectivity index (χ0n) is 8.86. The number of fused-ring (bicyclic) bond motifs is 5. The number of Topliss-reactive ketones (excluding diaryl/α,β-unsaturated/α-hetero) is 1. The SMILES string of the molecule is O=C(c1occc1Br)C1C2C3CCC(C3)C12. The summed E-state index contributed by atoms with van der Waals surface area (Å²) in [6.07, 6.45) is 5.69. The van der Waals surface area contributed by atoms with Crippen molar-refractivity contribution in [3.8, 4) is 0 Å². The quantitative estimate of drug-likeness (QED) is 0.776. The number of ketones is 1. The van der Waals surface area contributed by atoms with Gasteiger partial charge in [-0.1, -0.05) is 0 Å². The molecular weight excluding hydrogens is 268 g/mol. The molecule has 2 nitrogen and oxygen atoms in total. The topological polar surface area (TPSA) is 30.2 Å². The third-order valence-corrected chi connectivity index (χ3v) is 5.50. The highest BCUT2D eigenvalue weighted by atomic mass is 79.9. The first-order valence-corrected chi connectivity index (χ1v) is 6.84. The molecule has 1 aromatic rings. The van der Waals surface area contributed by atoms with Crippen LogP contribution in [0.3, 0.4) is 0 Å². The molecule has 1 aromatic heterocycles. The third-order valence-electron chi connectivity index (χ3n) is 4.88. The summed E-state index contributed by atoms with van der Waals surface area (Å²) in [6.45, 7) is 0. The van der Waals surface area contributed by atoms with Gasteiger partial charge in [-0.2, -0.15) is 0 Å². The van der Waals surface area contributed by atoms with Crippen LogP contribution >= 0.6 is 15.9 Å². The Bertz CT molecular complexity index is 448. The Balaban J connectivity index is 1.62. The summed E-state index contributed by atoms with van der Waals surface area (Å²) in [5, 5.41) is 0. The van der Waals surface area contributed by atoms with E-state index in [1.165, 1.54) is 19.3 Å². The summed E-state index contributed by atoms with van der Waals surface area (Å²) in [5.41, 5.74) is 0. The van der Waals surface area contributed by atoms with Crippen molar-refractivity contribution in [3.05, 3.63) is 22.6 Å². The summed E-state index contributed by atoms with van der Waals surface area (Å²) in [7, 11) is 0. The molecule has 0 radical (unpaired) electrons. The fraction of sp³-hybridized carbons (Fsp3) is 0.615. The van der Waals surface area contributed by atoms with E-state index in [9.17, 15) is 4.79 Å². The minimum Gasteiger partial charge on any atom is -0.460 e. The number of carbonyl (C=O) groups excluding carboxylic acids is 1. The van der Waals surface area contributed by atoms with Gasteiger partial charge in [-0.05, 0) is 64.9 Å². The minimum absolute atomic E-state index is 0.239. The second-order valence-electron chi connectivity index (χ2n) is 5.48. The first kappa shape index (κ1) is 9.46. The zero-order valence-corrected chi connectivity index (χ0v) is 10.4. The summed E-state index contributed by atoms with van der Waals surface area (Å²) < 4.78 is 6.10. The van der Waals surface area contributed by atoms with Crippen molar-refractivity contribution in [1.29, 1.82) is 0 Å². The molecule has 0 N–H and O–H groups in total. The number of hydrogen-bond donors (Lipinski definition) is 0. The van der Waals surface area contributed by atoms with Crippen LogP contribution in [0, 0.1) is 29.6 Å². The molecular formula is C13H13BrO2. The lowest BCUT2D eigenvalue weighted by Gasteiger charge is -2.06. The van der Waals surface area contributed by atoms with Crippen molar-refractivity contribution in [1.82, 2.24) is 0 Å². The van der Waals surface area contributed by atoms with Crippen LogP contribution in [0.1, 0.15) is 29.8 Å². The molecule has 4 rings (SSSR count). The smallest absolute Gasteiger partial charge is 0.202 e. The number of hydrogen-bond acceptors (Lipinski definition) is 2. The zero-order chi connectivity index (χ0) is 10.9. The molecule has 1 heterocycles. The molecule has 3 saturated carbocycles. The Kier molecular flexibility index (Phi) is 1.78. The van der Waals surface area contributed by atoms with Crippen LogP contribution in [-0.2, 0) is 0 Å². The molecule has 3 aliphatic rings. The van der Waals surface area contributed by atoms with Gasteiger partial charge in [0.05, 0.1) is 10.7 Å². The average molecular weight is 281 g/mol. The summed E-state index contributed by atoms with van der Waals surface area (Å²) in [6, 6.07) is 1.81. The van der Waals surface area contributed by atoms with Crippen LogP contribution in [0.4, 0.5) is 0 Å². The minimum atomic E-state index is 0.239. The maximum Gasteiger partial charge on any atom is 0.202 e. The summed E-state index contributed by atoms with van der Waals surface area (Å²) >= 11 is 3.37. The molecule has 4 unspecified atom stereocenters. The molecule has 0 saturated heterocycles. The first-order chi connectivity index (χ1) is 7.77. The van der Waals surface area contributed by atoms with E-state index in [4.69, 9.17) is 4.42 Å². The van der Waals surface area contributed by atoms with Gasteiger partial charge >= 0.3 is 0 Å². The van der Waals surface area contributed by atoms with E-state index >= 15 is 0 Å². The summed E-state index contributed by atoms with van der Waals surface area (Å²) in [5.74, 6) is 4.15. The largest absolute Gasteiger partial charge is 0.460 e. The van der Waals surface area contributed by atoms with Gasteiger partial charge in [0, 0.05) is 5.92 Å². The predicted molar refractivity (Wildman–Crippen MR) is 62.0 cm³/mol. The lowest BCUT2D eigenvalue weighted by Crippen LogP contribution is -2.09. The van der Waals surface area contributed by atoms with E-state index in [2.05, 4.69) is 15.9 Å². The van der Waals surface area contributed by atoms with E-state index in [0.717, 1.165) is 16.3 Å². The normalized spacial score (nSPS) is 43.4. The van der Waals surface area contributed by atoms with Crippen LogP contribution in [0.2, 0.25) is 0 Å². The van der Waals surface area contributed by atoms with Gasteiger partial charge in [0.15, 0.2) is 5.76 Å². The van der Waals surface area contributed by atoms with Crippen molar-refractivity contribution in [3.63, 3.8) is 0 Å². The van der Waals surface area contributed by atoms with E-state index < -0.39 is 0 Å². The van der Waals surface area contributed by atoms with Gasteiger partial charge in [-0.3, -0.25) is 4.79 Å². The predicted octanol–water partition coefficient (Wildman–Crippen LogP) is 3.52. The van der Waals surface area contributed by atoms with Crippen molar-refractivity contribution in [2.75, 3.05) is 0 Å². The van der Waals surface area contributed by atoms with E-state index in [1.807, 2.05) is 0 Å². The standard InChI is InChI=1S/C13H13BrO2/c14-8-3-4-16-13(8)12(15)11-9-6-1-2-7(5-6)10(9)11/h3-4,6-7,9-11H,1-2,5H2. The van der Waals surface area contributed by atoms with E-state index in [-0.39, 0.29) is 11.7 Å². The molecule has 16 heavy (non-hydrogen) atoms. The highest BCUT2D eigenvalue weighted by molar-refractivity contribution is 9.10. The van der Waals surface area contributed by atoms with Crippen LogP contribution in [0.25, 0.3) is 0 Å². The van der Waals surface area contributed by atoms with Crippen LogP contribution < -0.4 is 0 Å². The van der Waals surface area contributed by atoms with E-state index in [1.54, 1.807) is 12.3 Å². The Hall–Kier alpha value is -0.570. The molecule has 0 amide bonds. The van der Waals surface area contributed by atoms with Gasteiger partial charge in [-0.15, -0.1) is 0 Å². The first-order valence-electron chi connectivity index (χ1n) is 6.04. The molecule has 84 valence electrons. The molecule has 3 aliphatic carbocycles. The van der Waals surface area contributed by atoms with Crippen LogP contribution in [-0.4, -0.2) is 5.78 Å². The van der Waals surface area contributed by atoms with Crippen molar-refractivity contribution in [2.24, 2.45) is 29.6 Å². The molecule has 0 aliphatic heterocycles. The van der Waals surface area contributed by atoms with Crippen molar-refractivity contribution >= 4 is 21.7 Å². The van der Waals surface area contributed by atoms with Gasteiger partial charge in [0.2, 0.25) is 5.78 Å².